The molecular formula is C26H19F3O2. The average Bonchev–Trinajstić information content (AvgIpc) is 3.04. The topological polar surface area (TPSA) is 29.5 Å². The largest absolute Gasteiger partial charge is 0.453 e. The van der Waals surface area contributed by atoms with Gasteiger partial charge in [0.2, 0.25) is 5.76 Å². The standard InChI is InChI=1S/C26H19F3O2/c27-26(28,29)24-18-20(19-10-4-1-5-11-19)16-17-23(31-24)25(30,21-12-6-2-7-13-21)22-14-8-3-9-15-22/h1-18,30H. The molecule has 1 N–H and O–H groups in total. The minimum absolute atomic E-state index is 0.237. The molecule has 4 rings (SSSR count). The molecule has 5 heteroatoms. The second-order valence-electron chi connectivity index (χ2n) is 7.07. The van der Waals surface area contributed by atoms with Crippen molar-refractivity contribution in [2.24, 2.45) is 0 Å². The second-order valence-corrected chi connectivity index (χ2v) is 7.07. The first kappa shape index (κ1) is 20.7. The average molecular weight is 420 g/mol. The fourth-order valence-electron chi connectivity index (χ4n) is 3.49. The predicted octanol–water partition coefficient (Wildman–Crippen LogP) is 6.37. The highest BCUT2D eigenvalue weighted by atomic mass is 19.4. The van der Waals surface area contributed by atoms with Crippen LogP contribution in [0.4, 0.5) is 13.2 Å². The summed E-state index contributed by atoms with van der Waals surface area (Å²) in [6.45, 7) is 0. The number of hydrogen-bond acceptors (Lipinski definition) is 2. The molecule has 1 aliphatic heterocycles. The Morgan fingerprint density at radius 3 is 1.58 bits per heavy atom. The first-order chi connectivity index (χ1) is 14.9. The fourth-order valence-corrected chi connectivity index (χ4v) is 3.49. The summed E-state index contributed by atoms with van der Waals surface area (Å²) < 4.78 is 46.9. The van der Waals surface area contributed by atoms with Crippen LogP contribution in [0.5, 0.6) is 0 Å². The van der Waals surface area contributed by atoms with Crippen molar-refractivity contribution in [3.8, 4) is 0 Å². The lowest BCUT2D eigenvalue weighted by Gasteiger charge is -2.32. The van der Waals surface area contributed by atoms with E-state index in [1.54, 1.807) is 91.0 Å². The molecule has 0 spiro atoms. The van der Waals surface area contributed by atoms with E-state index < -0.39 is 17.5 Å². The quantitative estimate of drug-likeness (QED) is 0.532. The molecule has 0 bridgehead atoms. The number of hydrogen-bond donors (Lipinski definition) is 1. The summed E-state index contributed by atoms with van der Waals surface area (Å²) >= 11 is 0. The van der Waals surface area contributed by atoms with Crippen LogP contribution < -0.4 is 0 Å². The molecule has 1 aliphatic rings. The molecule has 3 aromatic rings. The molecule has 2 nitrogen and oxygen atoms in total. The van der Waals surface area contributed by atoms with Gasteiger partial charge < -0.3 is 9.84 Å². The fraction of sp³-hybridized carbons (Fsp3) is 0.0769. The van der Waals surface area contributed by atoms with Crippen LogP contribution in [0.1, 0.15) is 16.7 Å². The van der Waals surface area contributed by atoms with Gasteiger partial charge in [0.05, 0.1) is 0 Å². The van der Waals surface area contributed by atoms with Crippen molar-refractivity contribution in [2.45, 2.75) is 11.8 Å². The highest BCUT2D eigenvalue weighted by Gasteiger charge is 2.43. The maximum atomic E-state index is 13.8. The Bertz CT molecular complexity index is 1090. The van der Waals surface area contributed by atoms with Crippen LogP contribution in [0, 0.1) is 0 Å². The number of allylic oxidation sites excluding steroid dienone is 5. The van der Waals surface area contributed by atoms with E-state index in [4.69, 9.17) is 4.74 Å². The van der Waals surface area contributed by atoms with Gasteiger partial charge in [-0.1, -0.05) is 97.1 Å². The van der Waals surface area contributed by atoms with Gasteiger partial charge in [-0.3, -0.25) is 0 Å². The van der Waals surface area contributed by atoms with Crippen LogP contribution in [0.15, 0.2) is 121 Å². The summed E-state index contributed by atoms with van der Waals surface area (Å²) in [6.07, 6.45) is -0.862. The molecule has 0 aromatic heterocycles. The lowest BCUT2D eigenvalue weighted by Crippen LogP contribution is -2.32. The van der Waals surface area contributed by atoms with Crippen LogP contribution in [-0.4, -0.2) is 11.3 Å². The van der Waals surface area contributed by atoms with E-state index in [1.165, 1.54) is 12.2 Å². The maximum absolute atomic E-state index is 13.8. The van der Waals surface area contributed by atoms with Crippen molar-refractivity contribution in [3.63, 3.8) is 0 Å². The number of benzene rings is 3. The minimum Gasteiger partial charge on any atom is -0.453 e. The van der Waals surface area contributed by atoms with E-state index >= 15 is 0 Å². The molecule has 0 fully saturated rings. The van der Waals surface area contributed by atoms with Gasteiger partial charge in [-0.05, 0) is 34.4 Å². The summed E-state index contributed by atoms with van der Waals surface area (Å²) in [7, 11) is 0. The van der Waals surface area contributed by atoms with Gasteiger partial charge in [0.1, 0.15) is 5.76 Å². The third-order valence-electron chi connectivity index (χ3n) is 5.05. The molecular weight excluding hydrogens is 401 g/mol. The lowest BCUT2D eigenvalue weighted by atomic mass is 9.84. The smallest absolute Gasteiger partial charge is 0.449 e. The van der Waals surface area contributed by atoms with Gasteiger partial charge >= 0.3 is 6.18 Å². The maximum Gasteiger partial charge on any atom is 0.449 e. The summed E-state index contributed by atoms with van der Waals surface area (Å²) in [5.41, 5.74) is -0.203. The van der Waals surface area contributed by atoms with Crippen molar-refractivity contribution < 1.29 is 23.0 Å². The van der Waals surface area contributed by atoms with E-state index in [0.29, 0.717) is 22.3 Å². The Balaban J connectivity index is 1.92. The van der Waals surface area contributed by atoms with Crippen molar-refractivity contribution in [2.75, 3.05) is 0 Å². The van der Waals surface area contributed by atoms with Gasteiger partial charge in [0.15, 0.2) is 5.60 Å². The van der Waals surface area contributed by atoms with Crippen LogP contribution in [0.3, 0.4) is 0 Å². The Morgan fingerprint density at radius 2 is 1.10 bits per heavy atom. The lowest BCUT2D eigenvalue weighted by molar-refractivity contribution is -0.129. The first-order valence-electron chi connectivity index (χ1n) is 9.67. The minimum atomic E-state index is -4.74. The SMILES string of the molecule is OC(C1=CC=C(c2ccccc2)C=C(C(F)(F)F)O1)(c1ccccc1)c1ccccc1. The van der Waals surface area contributed by atoms with Crippen LogP contribution >= 0.6 is 0 Å². The zero-order valence-corrected chi connectivity index (χ0v) is 16.4. The van der Waals surface area contributed by atoms with Crippen molar-refractivity contribution in [3.05, 3.63) is 137 Å². The van der Waals surface area contributed by atoms with Crippen LogP contribution in [0.2, 0.25) is 0 Å². The number of halogens is 3. The number of rotatable bonds is 4. The third-order valence-corrected chi connectivity index (χ3v) is 5.05. The highest BCUT2D eigenvalue weighted by Crippen LogP contribution is 2.42. The van der Waals surface area contributed by atoms with Crippen molar-refractivity contribution in [1.82, 2.24) is 0 Å². The van der Waals surface area contributed by atoms with Crippen molar-refractivity contribution >= 4 is 5.57 Å². The molecule has 0 aliphatic carbocycles. The van der Waals surface area contributed by atoms with Gasteiger partial charge in [-0.2, -0.15) is 13.2 Å². The van der Waals surface area contributed by atoms with E-state index in [1.807, 2.05) is 0 Å². The summed E-state index contributed by atoms with van der Waals surface area (Å²) in [4.78, 5) is 0. The van der Waals surface area contributed by atoms with Gasteiger partial charge in [-0.25, -0.2) is 0 Å². The molecule has 0 unspecified atom stereocenters. The third kappa shape index (κ3) is 4.18. The zero-order chi connectivity index (χ0) is 21.9. The Morgan fingerprint density at radius 1 is 0.613 bits per heavy atom. The molecule has 31 heavy (non-hydrogen) atoms. The molecule has 156 valence electrons. The molecule has 0 radical (unpaired) electrons. The Kier molecular flexibility index (Phi) is 5.53. The molecule has 3 aromatic carbocycles. The van der Waals surface area contributed by atoms with Crippen molar-refractivity contribution in [1.29, 1.82) is 0 Å². The van der Waals surface area contributed by atoms with E-state index in [9.17, 15) is 18.3 Å². The number of ether oxygens (including phenoxy) is 1. The predicted molar refractivity (Wildman–Crippen MR) is 114 cm³/mol. The van der Waals surface area contributed by atoms with Crippen LogP contribution in [0.25, 0.3) is 5.57 Å². The monoisotopic (exact) mass is 420 g/mol. The number of alkyl halides is 3. The van der Waals surface area contributed by atoms with E-state index in [-0.39, 0.29) is 5.76 Å². The van der Waals surface area contributed by atoms with E-state index in [2.05, 4.69) is 0 Å². The zero-order valence-electron chi connectivity index (χ0n) is 16.4. The molecule has 0 saturated carbocycles. The summed E-state index contributed by atoms with van der Waals surface area (Å²) in [5.74, 6) is -1.43. The normalized spacial score (nSPS) is 14.6. The molecule has 0 saturated heterocycles. The Hall–Kier alpha value is -3.57. The van der Waals surface area contributed by atoms with Gasteiger partial charge in [0.25, 0.3) is 0 Å². The van der Waals surface area contributed by atoms with Gasteiger partial charge in [0, 0.05) is 0 Å². The first-order valence-corrected chi connectivity index (χ1v) is 9.67. The summed E-state index contributed by atoms with van der Waals surface area (Å²) in [6, 6.07) is 25.7. The Labute approximate surface area is 178 Å². The van der Waals surface area contributed by atoms with Crippen LogP contribution in [-0.2, 0) is 10.3 Å². The van der Waals surface area contributed by atoms with E-state index in [0.717, 1.165) is 6.08 Å². The van der Waals surface area contributed by atoms with Gasteiger partial charge in [-0.15, -0.1) is 0 Å². The number of aliphatic hydroxyl groups is 1. The highest BCUT2D eigenvalue weighted by molar-refractivity contribution is 5.76. The molecule has 0 amide bonds. The molecule has 1 heterocycles. The second kappa shape index (κ2) is 8.28. The molecule has 0 atom stereocenters. The summed E-state index contributed by atoms with van der Waals surface area (Å²) in [5, 5.41) is 11.8.